The zero-order valence-electron chi connectivity index (χ0n) is 7.51. The molecule has 1 rings (SSSR count). The summed E-state index contributed by atoms with van der Waals surface area (Å²) in [6.07, 6.45) is 1.58. The van der Waals surface area contributed by atoms with Crippen molar-refractivity contribution >= 4 is 11.6 Å². The van der Waals surface area contributed by atoms with Gasteiger partial charge in [-0.1, -0.05) is 0 Å². The average Bonchev–Trinajstić information content (AvgIpc) is 2.52. The van der Waals surface area contributed by atoms with Crippen molar-refractivity contribution in [1.82, 2.24) is 0 Å². The first kappa shape index (κ1) is 10.2. The molecule has 1 aromatic heterocycles. The van der Waals surface area contributed by atoms with Crippen LogP contribution in [0.1, 0.15) is 31.6 Å². The molecule has 1 aromatic rings. The van der Waals surface area contributed by atoms with Crippen LogP contribution in [-0.2, 0) is 0 Å². The van der Waals surface area contributed by atoms with Crippen LogP contribution in [-0.4, -0.2) is 0 Å². The summed E-state index contributed by atoms with van der Waals surface area (Å²) >= 11 is 5.62. The van der Waals surface area contributed by atoms with Crippen LogP contribution < -0.4 is 5.73 Å². The molecule has 1 atom stereocenters. The maximum atomic E-state index is 5.83. The van der Waals surface area contributed by atoms with Gasteiger partial charge in [-0.05, 0) is 37.1 Å². The van der Waals surface area contributed by atoms with Gasteiger partial charge >= 0.3 is 0 Å². The Hall–Kier alpha value is -0.910. The largest absolute Gasteiger partial charge is 0.448 e. The van der Waals surface area contributed by atoms with Crippen LogP contribution in [0, 0.1) is 11.8 Å². The van der Waals surface area contributed by atoms with Gasteiger partial charge < -0.3 is 10.2 Å². The Balaban J connectivity index is 2.47. The Morgan fingerprint density at radius 3 is 2.92 bits per heavy atom. The fourth-order valence-corrected chi connectivity index (χ4v) is 1.17. The summed E-state index contributed by atoms with van der Waals surface area (Å²) < 4.78 is 5.17. The van der Waals surface area contributed by atoms with Crippen LogP contribution in [0.3, 0.4) is 0 Å². The Morgan fingerprint density at radius 1 is 1.62 bits per heavy atom. The summed E-state index contributed by atoms with van der Waals surface area (Å²) in [5, 5.41) is 0.382. The van der Waals surface area contributed by atoms with Crippen LogP contribution in [0.4, 0.5) is 0 Å². The van der Waals surface area contributed by atoms with E-state index in [1.807, 2.05) is 6.92 Å². The van der Waals surface area contributed by atoms with E-state index in [0.29, 0.717) is 5.22 Å². The van der Waals surface area contributed by atoms with Crippen molar-refractivity contribution in [2.24, 2.45) is 5.73 Å². The highest BCUT2D eigenvalue weighted by atomic mass is 35.5. The molecule has 2 N–H and O–H groups in total. The lowest BCUT2D eigenvalue weighted by Crippen LogP contribution is -2.08. The molecule has 0 radical (unpaired) electrons. The van der Waals surface area contributed by atoms with Crippen molar-refractivity contribution < 1.29 is 4.42 Å². The second kappa shape index (κ2) is 4.96. The molecule has 0 bridgehead atoms. The lowest BCUT2D eigenvalue weighted by molar-refractivity contribution is 0.456. The van der Waals surface area contributed by atoms with Gasteiger partial charge in [-0.25, -0.2) is 0 Å². The van der Waals surface area contributed by atoms with E-state index in [2.05, 4.69) is 11.8 Å². The number of hydrogen-bond acceptors (Lipinski definition) is 2. The first-order chi connectivity index (χ1) is 6.24. The number of halogens is 1. The molecule has 0 aliphatic rings. The van der Waals surface area contributed by atoms with Gasteiger partial charge in [0.1, 0.15) is 5.76 Å². The predicted molar refractivity (Wildman–Crippen MR) is 53.3 cm³/mol. The second-order valence-electron chi connectivity index (χ2n) is 2.71. The summed E-state index contributed by atoms with van der Waals surface area (Å²) in [6, 6.07) is 3.39. The first-order valence-electron chi connectivity index (χ1n) is 4.14. The number of rotatable bonds is 3. The van der Waals surface area contributed by atoms with Crippen molar-refractivity contribution in [2.45, 2.75) is 25.8 Å². The molecule has 3 heteroatoms. The van der Waals surface area contributed by atoms with Gasteiger partial charge in [0, 0.05) is 6.42 Å². The summed E-state index contributed by atoms with van der Waals surface area (Å²) in [5.41, 5.74) is 5.83. The molecule has 0 aromatic carbocycles. The second-order valence-corrected chi connectivity index (χ2v) is 3.09. The molecule has 0 saturated carbocycles. The maximum absolute atomic E-state index is 5.83. The fraction of sp³-hybridized carbons (Fsp3) is 0.400. The molecule has 1 unspecified atom stereocenters. The van der Waals surface area contributed by atoms with Crippen LogP contribution in [0.2, 0.25) is 5.22 Å². The van der Waals surface area contributed by atoms with Gasteiger partial charge in [-0.3, -0.25) is 0 Å². The summed E-state index contributed by atoms with van der Waals surface area (Å²) in [7, 11) is 0. The molecular formula is C10H12ClNO. The Morgan fingerprint density at radius 2 is 2.38 bits per heavy atom. The SMILES string of the molecule is CC#CCCC(N)c1ccc(Cl)o1. The zero-order valence-corrected chi connectivity index (χ0v) is 8.27. The molecule has 13 heavy (non-hydrogen) atoms. The van der Waals surface area contributed by atoms with E-state index in [1.165, 1.54) is 0 Å². The monoisotopic (exact) mass is 197 g/mol. The van der Waals surface area contributed by atoms with E-state index >= 15 is 0 Å². The fourth-order valence-electron chi connectivity index (χ4n) is 1.02. The highest BCUT2D eigenvalue weighted by Gasteiger charge is 2.08. The molecule has 2 nitrogen and oxygen atoms in total. The van der Waals surface area contributed by atoms with Gasteiger partial charge in [0.2, 0.25) is 0 Å². The first-order valence-corrected chi connectivity index (χ1v) is 4.52. The molecule has 0 saturated heterocycles. The highest BCUT2D eigenvalue weighted by molar-refractivity contribution is 6.28. The van der Waals surface area contributed by atoms with Gasteiger partial charge in [0.15, 0.2) is 5.22 Å². The minimum atomic E-state index is -0.103. The standard InChI is InChI=1S/C10H12ClNO/c1-2-3-4-5-8(12)9-6-7-10(11)13-9/h6-8H,4-5,12H2,1H3. The van der Waals surface area contributed by atoms with Gasteiger partial charge in [0.25, 0.3) is 0 Å². The maximum Gasteiger partial charge on any atom is 0.193 e. The normalized spacial score (nSPS) is 11.9. The van der Waals surface area contributed by atoms with Crippen molar-refractivity contribution in [1.29, 1.82) is 0 Å². The summed E-state index contributed by atoms with van der Waals surface area (Å²) in [4.78, 5) is 0. The molecular weight excluding hydrogens is 186 g/mol. The molecule has 0 aliphatic carbocycles. The Labute approximate surface area is 83.1 Å². The van der Waals surface area contributed by atoms with E-state index in [-0.39, 0.29) is 6.04 Å². The highest BCUT2D eigenvalue weighted by Crippen LogP contribution is 2.21. The predicted octanol–water partition coefficient (Wildman–Crippen LogP) is 2.74. The smallest absolute Gasteiger partial charge is 0.193 e. The van der Waals surface area contributed by atoms with Crippen LogP contribution in [0.15, 0.2) is 16.5 Å². The molecule has 0 spiro atoms. The van der Waals surface area contributed by atoms with Crippen molar-refractivity contribution in [3.8, 4) is 11.8 Å². The number of nitrogens with two attached hydrogens (primary N) is 1. The third-order valence-electron chi connectivity index (χ3n) is 1.72. The van der Waals surface area contributed by atoms with E-state index < -0.39 is 0 Å². The summed E-state index contributed by atoms with van der Waals surface area (Å²) in [5.74, 6) is 6.49. The van der Waals surface area contributed by atoms with Gasteiger partial charge in [-0.15, -0.1) is 11.8 Å². The topological polar surface area (TPSA) is 39.2 Å². The Kier molecular flexibility index (Phi) is 3.88. The van der Waals surface area contributed by atoms with Crippen LogP contribution in [0.5, 0.6) is 0 Å². The molecule has 0 fully saturated rings. The van der Waals surface area contributed by atoms with E-state index in [9.17, 15) is 0 Å². The van der Waals surface area contributed by atoms with E-state index in [0.717, 1.165) is 18.6 Å². The van der Waals surface area contributed by atoms with E-state index in [4.69, 9.17) is 21.8 Å². The minimum absolute atomic E-state index is 0.103. The van der Waals surface area contributed by atoms with Gasteiger partial charge in [-0.2, -0.15) is 0 Å². The van der Waals surface area contributed by atoms with Crippen LogP contribution >= 0.6 is 11.6 Å². The number of furan rings is 1. The zero-order chi connectivity index (χ0) is 9.68. The van der Waals surface area contributed by atoms with Crippen LogP contribution in [0.25, 0.3) is 0 Å². The number of hydrogen-bond donors (Lipinski definition) is 1. The Bertz CT molecular complexity index is 321. The molecule has 0 amide bonds. The molecule has 1 heterocycles. The van der Waals surface area contributed by atoms with E-state index in [1.54, 1.807) is 12.1 Å². The molecule has 70 valence electrons. The lowest BCUT2D eigenvalue weighted by Gasteiger charge is -2.04. The lowest BCUT2D eigenvalue weighted by atomic mass is 10.1. The van der Waals surface area contributed by atoms with Crippen molar-refractivity contribution in [2.75, 3.05) is 0 Å². The average molecular weight is 198 g/mol. The minimum Gasteiger partial charge on any atom is -0.448 e. The van der Waals surface area contributed by atoms with Crippen molar-refractivity contribution in [3.05, 3.63) is 23.1 Å². The molecule has 0 aliphatic heterocycles. The summed E-state index contributed by atoms with van der Waals surface area (Å²) in [6.45, 7) is 1.81. The van der Waals surface area contributed by atoms with Gasteiger partial charge in [0.05, 0.1) is 6.04 Å². The third-order valence-corrected chi connectivity index (χ3v) is 1.92. The third kappa shape index (κ3) is 3.14. The van der Waals surface area contributed by atoms with Crippen molar-refractivity contribution in [3.63, 3.8) is 0 Å². The quantitative estimate of drug-likeness (QED) is 0.757.